The first-order chi connectivity index (χ1) is 7.83. The van der Waals surface area contributed by atoms with Gasteiger partial charge in [-0.25, -0.2) is 9.78 Å². The molecule has 110 valence electrons. The van der Waals surface area contributed by atoms with E-state index >= 15 is 0 Å². The quantitative estimate of drug-likeness (QED) is 0.323. The molecule has 0 spiro atoms. The number of hydrogen-bond donors (Lipinski definition) is 0. The van der Waals surface area contributed by atoms with E-state index in [9.17, 15) is 0 Å². The highest BCUT2D eigenvalue weighted by atomic mass is 35.6. The van der Waals surface area contributed by atoms with Crippen molar-refractivity contribution in [1.29, 1.82) is 0 Å². The molecular weight excluding hydrogens is 412 g/mol. The molecule has 0 aliphatic carbocycles. The zero-order valence-electron chi connectivity index (χ0n) is 9.25. The molecule has 0 fully saturated rings. The highest BCUT2D eigenvalue weighted by Gasteiger charge is 2.52. The van der Waals surface area contributed by atoms with Crippen LogP contribution < -0.4 is 0 Å². The SMILES string of the molecule is CC(CCl)(OOC(C)(CCl)C(Cl)(Cl)Cl)C(Cl)(Cl)Cl. The largest absolute Gasteiger partial charge is 0.224 e. The van der Waals surface area contributed by atoms with Gasteiger partial charge in [0.25, 0.3) is 0 Å². The summed E-state index contributed by atoms with van der Waals surface area (Å²) in [6.45, 7) is 2.86. The van der Waals surface area contributed by atoms with E-state index in [2.05, 4.69) is 0 Å². The van der Waals surface area contributed by atoms with Gasteiger partial charge in [-0.2, -0.15) is 0 Å². The molecule has 0 saturated carbocycles. The first-order valence-corrected chi connectivity index (χ1v) is 7.79. The standard InChI is InChI=1S/C8H10Cl8O2/c1-5(3-9,7(11,12)13)17-18-6(2,4-10)8(14,15)16/h3-4H2,1-2H3. The summed E-state index contributed by atoms with van der Waals surface area (Å²) in [5, 5.41) is 0. The molecule has 0 aromatic carbocycles. The van der Waals surface area contributed by atoms with E-state index in [1.54, 1.807) is 0 Å². The Morgan fingerprint density at radius 1 is 0.667 bits per heavy atom. The van der Waals surface area contributed by atoms with E-state index in [1.165, 1.54) is 13.8 Å². The Labute approximate surface area is 146 Å². The lowest BCUT2D eigenvalue weighted by molar-refractivity contribution is -0.397. The number of alkyl halides is 8. The van der Waals surface area contributed by atoms with Gasteiger partial charge in [-0.3, -0.25) is 0 Å². The van der Waals surface area contributed by atoms with Gasteiger partial charge in [-0.05, 0) is 13.8 Å². The predicted molar refractivity (Wildman–Crippen MR) is 81.0 cm³/mol. The Morgan fingerprint density at radius 3 is 1.00 bits per heavy atom. The maximum atomic E-state index is 5.74. The summed E-state index contributed by atoms with van der Waals surface area (Å²) >= 11 is 45.8. The third kappa shape index (κ3) is 4.91. The van der Waals surface area contributed by atoms with Crippen LogP contribution in [0.5, 0.6) is 0 Å². The summed E-state index contributed by atoms with van der Waals surface area (Å²) < 4.78 is -3.68. The summed E-state index contributed by atoms with van der Waals surface area (Å²) in [7, 11) is 0. The lowest BCUT2D eigenvalue weighted by Gasteiger charge is -2.39. The van der Waals surface area contributed by atoms with Gasteiger partial charge in [-0.15, -0.1) is 23.2 Å². The number of rotatable bonds is 5. The van der Waals surface area contributed by atoms with E-state index < -0.39 is 18.8 Å². The summed E-state index contributed by atoms with van der Waals surface area (Å²) in [5.41, 5.74) is -2.88. The van der Waals surface area contributed by atoms with Crippen molar-refractivity contribution in [2.24, 2.45) is 0 Å². The topological polar surface area (TPSA) is 18.5 Å². The first kappa shape index (κ1) is 20.2. The third-order valence-corrected chi connectivity index (χ3v) is 5.54. The summed E-state index contributed by atoms with van der Waals surface area (Å²) in [5.74, 6) is -0.330. The van der Waals surface area contributed by atoms with Crippen molar-refractivity contribution in [3.05, 3.63) is 0 Å². The molecular formula is C8H10Cl8O2. The molecule has 18 heavy (non-hydrogen) atoms. The van der Waals surface area contributed by atoms with Gasteiger partial charge >= 0.3 is 0 Å². The van der Waals surface area contributed by atoms with Crippen LogP contribution in [0.1, 0.15) is 13.8 Å². The fourth-order valence-corrected chi connectivity index (χ4v) is 1.96. The molecule has 0 radical (unpaired) electrons. The van der Waals surface area contributed by atoms with Crippen LogP contribution in [-0.2, 0) is 9.78 Å². The normalized spacial score (nSPS) is 20.3. The van der Waals surface area contributed by atoms with E-state index in [0.717, 1.165) is 0 Å². The molecule has 0 aromatic rings. The van der Waals surface area contributed by atoms with Crippen LogP contribution in [0, 0.1) is 0 Å². The average molecular weight is 422 g/mol. The molecule has 2 unspecified atom stereocenters. The van der Waals surface area contributed by atoms with E-state index in [4.69, 9.17) is 103 Å². The van der Waals surface area contributed by atoms with E-state index in [1.807, 2.05) is 0 Å². The molecule has 0 aliphatic heterocycles. The van der Waals surface area contributed by atoms with Crippen molar-refractivity contribution in [2.45, 2.75) is 32.6 Å². The van der Waals surface area contributed by atoms with Gasteiger partial charge in [0.05, 0.1) is 11.8 Å². The molecule has 2 atom stereocenters. The minimum absolute atomic E-state index is 0.165. The monoisotopic (exact) mass is 418 g/mol. The van der Waals surface area contributed by atoms with Crippen LogP contribution in [0.2, 0.25) is 0 Å². The fraction of sp³-hybridized carbons (Fsp3) is 1.00. The lowest BCUT2D eigenvalue weighted by Crippen LogP contribution is -2.51. The Balaban J connectivity index is 4.93. The zero-order valence-corrected chi connectivity index (χ0v) is 15.3. The van der Waals surface area contributed by atoms with Gasteiger partial charge in [0.15, 0.2) is 11.2 Å². The summed E-state index contributed by atoms with van der Waals surface area (Å²) in [6.07, 6.45) is 0. The summed E-state index contributed by atoms with van der Waals surface area (Å²) in [4.78, 5) is 10.1. The third-order valence-electron chi connectivity index (χ3n) is 2.12. The van der Waals surface area contributed by atoms with Crippen molar-refractivity contribution in [3.8, 4) is 0 Å². The molecule has 0 rings (SSSR count). The van der Waals surface area contributed by atoms with Gasteiger partial charge in [0, 0.05) is 0 Å². The molecule has 0 N–H and O–H groups in total. The van der Waals surface area contributed by atoms with Gasteiger partial charge in [-0.1, -0.05) is 69.6 Å². The van der Waals surface area contributed by atoms with Crippen LogP contribution in [0.4, 0.5) is 0 Å². The lowest BCUT2D eigenvalue weighted by atomic mass is 10.1. The second kappa shape index (κ2) is 7.00. The average Bonchev–Trinajstić information content (AvgIpc) is 2.22. The molecule has 10 heteroatoms. The minimum atomic E-state index is -1.84. The van der Waals surface area contributed by atoms with Crippen LogP contribution in [-0.4, -0.2) is 30.5 Å². The van der Waals surface area contributed by atoms with Crippen molar-refractivity contribution < 1.29 is 9.78 Å². The van der Waals surface area contributed by atoms with E-state index in [-0.39, 0.29) is 11.8 Å². The Hall–Kier alpha value is 2.24. The van der Waals surface area contributed by atoms with Crippen LogP contribution in [0.15, 0.2) is 0 Å². The number of hydrogen-bond acceptors (Lipinski definition) is 2. The molecule has 0 aromatic heterocycles. The van der Waals surface area contributed by atoms with Crippen molar-refractivity contribution in [1.82, 2.24) is 0 Å². The fourth-order valence-electron chi connectivity index (χ4n) is 0.474. The maximum Gasteiger partial charge on any atom is 0.223 e. The van der Waals surface area contributed by atoms with Crippen molar-refractivity contribution >= 4 is 92.8 Å². The predicted octanol–water partition coefficient (Wildman–Crippen LogP) is 5.67. The second-order valence-corrected chi connectivity index (χ2v) is 8.99. The molecule has 0 aliphatic rings. The maximum absolute atomic E-state index is 5.74. The Kier molecular flexibility index (Phi) is 7.87. The second-order valence-electron chi connectivity index (χ2n) is 3.89. The van der Waals surface area contributed by atoms with Crippen LogP contribution in [0.3, 0.4) is 0 Å². The molecule has 0 heterocycles. The van der Waals surface area contributed by atoms with E-state index in [0.29, 0.717) is 0 Å². The number of halogens is 8. The van der Waals surface area contributed by atoms with Crippen LogP contribution >= 0.6 is 92.8 Å². The highest BCUT2D eigenvalue weighted by molar-refractivity contribution is 6.69. The molecule has 0 saturated heterocycles. The van der Waals surface area contributed by atoms with Gasteiger partial charge in [0.2, 0.25) is 7.59 Å². The molecule has 0 bridgehead atoms. The smallest absolute Gasteiger partial charge is 0.223 e. The molecule has 2 nitrogen and oxygen atoms in total. The molecule has 0 amide bonds. The van der Waals surface area contributed by atoms with Crippen molar-refractivity contribution in [3.63, 3.8) is 0 Å². The van der Waals surface area contributed by atoms with Gasteiger partial charge in [0.1, 0.15) is 0 Å². The minimum Gasteiger partial charge on any atom is -0.224 e. The Morgan fingerprint density at radius 2 is 0.889 bits per heavy atom. The highest BCUT2D eigenvalue weighted by Crippen LogP contribution is 2.45. The zero-order chi connectivity index (χ0) is 14.8. The van der Waals surface area contributed by atoms with Crippen LogP contribution in [0.25, 0.3) is 0 Å². The Bertz CT molecular complexity index is 247. The van der Waals surface area contributed by atoms with Gasteiger partial charge < -0.3 is 0 Å². The summed E-state index contributed by atoms with van der Waals surface area (Å²) in [6, 6.07) is 0. The van der Waals surface area contributed by atoms with Crippen molar-refractivity contribution in [2.75, 3.05) is 11.8 Å². The first-order valence-electron chi connectivity index (χ1n) is 4.45.